The minimum absolute atomic E-state index is 0. The van der Waals surface area contributed by atoms with E-state index in [1.54, 1.807) is 0 Å². The Labute approximate surface area is 156 Å². The molecule has 0 spiro atoms. The number of hydrogen-bond donors (Lipinski definition) is 1. The molecule has 25 heavy (non-hydrogen) atoms. The van der Waals surface area contributed by atoms with E-state index < -0.39 is 6.10 Å². The maximum absolute atomic E-state index is 10.5. The van der Waals surface area contributed by atoms with Crippen LogP contribution in [0, 0.1) is 6.92 Å². The first-order valence-electron chi connectivity index (χ1n) is 8.66. The van der Waals surface area contributed by atoms with Crippen LogP contribution in [0.2, 0.25) is 0 Å². The van der Waals surface area contributed by atoms with E-state index in [0.29, 0.717) is 12.5 Å². The standard InChI is InChI=1S/C22H27NO.ClH/c1-14(2)16-6-9-20-17(11-16)7-8-19-15(3)10-18(12-21(19)20)22(24)13-23(4)5;/h6-12,14,22,24H,13H2,1-5H3;1H. The number of aliphatic hydroxyl groups is 1. The summed E-state index contributed by atoms with van der Waals surface area (Å²) in [6.07, 6.45) is -0.465. The molecule has 1 N–H and O–H groups in total. The van der Waals surface area contributed by atoms with Crippen LogP contribution >= 0.6 is 12.4 Å². The van der Waals surface area contributed by atoms with Gasteiger partial charge in [-0.25, -0.2) is 0 Å². The van der Waals surface area contributed by atoms with Crippen LogP contribution in [0.4, 0.5) is 0 Å². The third kappa shape index (κ3) is 3.98. The van der Waals surface area contributed by atoms with E-state index in [2.05, 4.69) is 63.2 Å². The lowest BCUT2D eigenvalue weighted by Gasteiger charge is -2.18. The molecule has 0 aliphatic carbocycles. The first-order chi connectivity index (χ1) is 11.4. The number of halogens is 1. The van der Waals surface area contributed by atoms with Gasteiger partial charge >= 0.3 is 0 Å². The van der Waals surface area contributed by atoms with Crippen LogP contribution in [0.15, 0.2) is 42.5 Å². The molecule has 0 fully saturated rings. The van der Waals surface area contributed by atoms with Crippen molar-refractivity contribution in [2.24, 2.45) is 0 Å². The Morgan fingerprint density at radius 3 is 2.20 bits per heavy atom. The van der Waals surface area contributed by atoms with Crippen molar-refractivity contribution < 1.29 is 5.11 Å². The first-order valence-corrected chi connectivity index (χ1v) is 8.66. The van der Waals surface area contributed by atoms with E-state index >= 15 is 0 Å². The average molecular weight is 358 g/mol. The summed E-state index contributed by atoms with van der Waals surface area (Å²) in [5, 5.41) is 15.6. The van der Waals surface area contributed by atoms with E-state index in [1.165, 1.54) is 32.7 Å². The minimum atomic E-state index is -0.465. The van der Waals surface area contributed by atoms with Crippen LogP contribution < -0.4 is 0 Å². The van der Waals surface area contributed by atoms with Crippen LogP contribution in [0.3, 0.4) is 0 Å². The molecule has 0 aromatic heterocycles. The van der Waals surface area contributed by atoms with Gasteiger partial charge in [-0.2, -0.15) is 0 Å². The van der Waals surface area contributed by atoms with E-state index in [9.17, 15) is 5.11 Å². The van der Waals surface area contributed by atoms with Crippen LogP contribution in [-0.2, 0) is 0 Å². The number of benzene rings is 3. The van der Waals surface area contributed by atoms with Gasteiger partial charge in [-0.3, -0.25) is 0 Å². The minimum Gasteiger partial charge on any atom is -0.387 e. The maximum Gasteiger partial charge on any atom is 0.0916 e. The molecular weight excluding hydrogens is 330 g/mol. The summed E-state index contributed by atoms with van der Waals surface area (Å²) in [6.45, 7) is 7.21. The zero-order chi connectivity index (χ0) is 17.4. The van der Waals surface area contributed by atoms with Gasteiger partial charge in [0.1, 0.15) is 0 Å². The molecule has 3 aromatic carbocycles. The second-order valence-electron chi connectivity index (χ2n) is 7.41. The fraction of sp³-hybridized carbons (Fsp3) is 0.364. The Kier molecular flexibility index (Phi) is 6.10. The van der Waals surface area contributed by atoms with Gasteiger partial charge in [0.25, 0.3) is 0 Å². The number of nitrogens with zero attached hydrogens (tertiary/aromatic N) is 1. The predicted molar refractivity (Wildman–Crippen MR) is 111 cm³/mol. The molecule has 0 heterocycles. The smallest absolute Gasteiger partial charge is 0.0916 e. The molecule has 0 radical (unpaired) electrons. The van der Waals surface area contributed by atoms with Gasteiger partial charge in [0.2, 0.25) is 0 Å². The molecule has 0 bridgehead atoms. The normalized spacial score (nSPS) is 12.8. The van der Waals surface area contributed by atoms with Crippen LogP contribution in [0.1, 0.15) is 42.6 Å². The number of fused-ring (bicyclic) bond motifs is 3. The quantitative estimate of drug-likeness (QED) is 0.628. The Balaban J connectivity index is 0.00000225. The van der Waals surface area contributed by atoms with Crippen molar-refractivity contribution in [3.05, 3.63) is 59.2 Å². The number of hydrogen-bond acceptors (Lipinski definition) is 2. The summed E-state index contributed by atoms with van der Waals surface area (Å²) < 4.78 is 0. The topological polar surface area (TPSA) is 23.5 Å². The Bertz CT molecular complexity index is 886. The van der Waals surface area contributed by atoms with Crippen molar-refractivity contribution in [2.75, 3.05) is 20.6 Å². The van der Waals surface area contributed by atoms with Crippen molar-refractivity contribution in [1.29, 1.82) is 0 Å². The average Bonchev–Trinajstić information content (AvgIpc) is 2.53. The lowest BCUT2D eigenvalue weighted by atomic mass is 9.92. The SMILES string of the molecule is Cc1cc(C(O)CN(C)C)cc2c1ccc1cc(C(C)C)ccc12.Cl. The molecule has 0 saturated carbocycles. The summed E-state index contributed by atoms with van der Waals surface area (Å²) in [7, 11) is 3.97. The molecular formula is C22H28ClNO. The highest BCUT2D eigenvalue weighted by Gasteiger charge is 2.13. The second kappa shape index (κ2) is 7.74. The largest absolute Gasteiger partial charge is 0.387 e. The molecule has 3 aromatic rings. The number of rotatable bonds is 4. The van der Waals surface area contributed by atoms with Gasteiger partial charge in [0, 0.05) is 6.54 Å². The van der Waals surface area contributed by atoms with Crippen LogP contribution in [0.5, 0.6) is 0 Å². The number of likely N-dealkylation sites (N-methyl/N-ethyl adjacent to an activating group) is 1. The molecule has 3 heteroatoms. The van der Waals surface area contributed by atoms with Crippen molar-refractivity contribution in [3.63, 3.8) is 0 Å². The van der Waals surface area contributed by atoms with Crippen molar-refractivity contribution >= 4 is 34.0 Å². The number of aryl methyl sites for hydroxylation is 1. The van der Waals surface area contributed by atoms with Gasteiger partial charge in [-0.05, 0) is 71.2 Å². The summed E-state index contributed by atoms with van der Waals surface area (Å²) in [4.78, 5) is 2.02. The second-order valence-corrected chi connectivity index (χ2v) is 7.41. The zero-order valence-electron chi connectivity index (χ0n) is 15.7. The van der Waals surface area contributed by atoms with E-state index in [1.807, 2.05) is 19.0 Å². The third-order valence-corrected chi connectivity index (χ3v) is 4.79. The van der Waals surface area contributed by atoms with Crippen molar-refractivity contribution in [3.8, 4) is 0 Å². The highest BCUT2D eigenvalue weighted by Crippen LogP contribution is 2.32. The fourth-order valence-corrected chi connectivity index (χ4v) is 3.41. The highest BCUT2D eigenvalue weighted by molar-refractivity contribution is 6.08. The predicted octanol–water partition coefficient (Wildman–Crippen LogP) is 5.44. The van der Waals surface area contributed by atoms with E-state index in [4.69, 9.17) is 0 Å². The van der Waals surface area contributed by atoms with E-state index in [-0.39, 0.29) is 12.4 Å². The molecule has 0 aliphatic rings. The van der Waals surface area contributed by atoms with Crippen molar-refractivity contribution in [1.82, 2.24) is 4.90 Å². The fourth-order valence-electron chi connectivity index (χ4n) is 3.41. The first kappa shape index (κ1) is 19.7. The Morgan fingerprint density at radius 2 is 1.56 bits per heavy atom. The third-order valence-electron chi connectivity index (χ3n) is 4.79. The molecule has 0 aliphatic heterocycles. The molecule has 2 nitrogen and oxygen atoms in total. The van der Waals surface area contributed by atoms with E-state index in [0.717, 1.165) is 5.56 Å². The summed E-state index contributed by atoms with van der Waals surface area (Å²) in [5.74, 6) is 0.528. The van der Waals surface area contributed by atoms with Gasteiger partial charge in [-0.1, -0.05) is 50.2 Å². The van der Waals surface area contributed by atoms with Crippen LogP contribution in [0.25, 0.3) is 21.5 Å². The molecule has 1 unspecified atom stereocenters. The van der Waals surface area contributed by atoms with Crippen molar-refractivity contribution in [2.45, 2.75) is 32.8 Å². The Hall–Kier alpha value is -1.61. The molecule has 0 saturated heterocycles. The Morgan fingerprint density at radius 1 is 0.880 bits per heavy atom. The number of aliphatic hydroxyl groups excluding tert-OH is 1. The van der Waals surface area contributed by atoms with Gasteiger partial charge in [-0.15, -0.1) is 12.4 Å². The monoisotopic (exact) mass is 357 g/mol. The summed E-state index contributed by atoms with van der Waals surface area (Å²) in [5.41, 5.74) is 3.58. The summed E-state index contributed by atoms with van der Waals surface area (Å²) in [6, 6.07) is 15.4. The van der Waals surface area contributed by atoms with Gasteiger partial charge in [0.15, 0.2) is 0 Å². The molecule has 1 atom stereocenters. The highest BCUT2D eigenvalue weighted by atomic mass is 35.5. The summed E-state index contributed by atoms with van der Waals surface area (Å²) >= 11 is 0. The molecule has 3 rings (SSSR count). The molecule has 134 valence electrons. The maximum atomic E-state index is 10.5. The lowest BCUT2D eigenvalue weighted by Crippen LogP contribution is -2.20. The van der Waals surface area contributed by atoms with Gasteiger partial charge in [0.05, 0.1) is 6.10 Å². The van der Waals surface area contributed by atoms with Crippen LogP contribution in [-0.4, -0.2) is 30.6 Å². The lowest BCUT2D eigenvalue weighted by molar-refractivity contribution is 0.138. The zero-order valence-corrected chi connectivity index (χ0v) is 16.5. The molecule has 0 amide bonds. The van der Waals surface area contributed by atoms with Gasteiger partial charge < -0.3 is 10.0 Å².